The molecule has 5 heterocycles. The van der Waals surface area contributed by atoms with E-state index in [4.69, 9.17) is 59.5 Å². The molecule has 0 aliphatic rings. The summed E-state index contributed by atoms with van der Waals surface area (Å²) >= 11 is 12.3. The second-order valence-electron chi connectivity index (χ2n) is 26.0. The van der Waals surface area contributed by atoms with Gasteiger partial charge in [0.25, 0.3) is 24.6 Å². The van der Waals surface area contributed by atoms with Crippen LogP contribution in [-0.2, 0) is 24.8 Å². The fourth-order valence-electron chi connectivity index (χ4n) is 10.6. The van der Waals surface area contributed by atoms with Gasteiger partial charge in [0.1, 0.15) is 40.5 Å². The van der Waals surface area contributed by atoms with Crippen LogP contribution >= 0.6 is 47.8 Å². The molecule has 0 aliphatic heterocycles. The number of nitrogens with one attached hydrogen (secondary N) is 2. The van der Waals surface area contributed by atoms with Crippen LogP contribution in [0, 0.1) is 10.8 Å². The summed E-state index contributed by atoms with van der Waals surface area (Å²) in [5.41, 5.74) is 6.27. The van der Waals surface area contributed by atoms with Gasteiger partial charge in [0.2, 0.25) is 11.8 Å². The zero-order valence-corrected chi connectivity index (χ0v) is 62.9. The number of benzene rings is 8. The lowest BCUT2D eigenvalue weighted by molar-refractivity contribution is -0.132. The van der Waals surface area contributed by atoms with E-state index in [1.54, 1.807) is 148 Å². The van der Waals surface area contributed by atoms with Crippen molar-refractivity contribution < 1.29 is 79.7 Å². The van der Waals surface area contributed by atoms with Gasteiger partial charge in [-0.25, -0.2) is 0 Å². The standard InChI is InChI=1S/C23H19NO4S.C17H18ClNO4.C16H13NO4S.C15H16ClNO3.C10H9NO2/c1-17(25)22-16-24(15-18-8-4-2-5-9-18)23-14-20(12-13-21(22)23)27-29-28-26-19-10-6-3-7-11-19;1-10(20)13-9-19(16(22)17(2,3)4)14-7-11(5-6-12(13)14)23-15(21)8-18;1-11(18)15-10-17-16-9-13(7-8-14(15)16)20-22-21-19-12-5-3-2-4-6-12;1-15(2,3)14(19)17-7-6-10-4-5-11(8-12(10)17)20-13(18)9-16;1-6(12)9-5-11-10-4-7(13)2-3-8(9)10/h2-14,16H,15H2,1H3;5-7,9H,8H2,1-4H3;2-10,17H,1H3;4-8H,9H2,1-3H3;2-5,11,13H,1H3. The summed E-state index contributed by atoms with van der Waals surface area (Å²) in [6.07, 6.45) is 8.51. The minimum absolute atomic E-state index is 0.0201. The van der Waals surface area contributed by atoms with Crippen LogP contribution in [0.4, 0.5) is 0 Å². The molecule has 8 aromatic carbocycles. The summed E-state index contributed by atoms with van der Waals surface area (Å²) in [5.74, 6) is 1.40. The van der Waals surface area contributed by atoms with E-state index in [9.17, 15) is 43.5 Å². The Hall–Kier alpha value is -11.4. The summed E-state index contributed by atoms with van der Waals surface area (Å²) < 4.78 is 36.1. The van der Waals surface area contributed by atoms with Gasteiger partial charge in [-0.2, -0.15) is 0 Å². The van der Waals surface area contributed by atoms with Gasteiger partial charge in [-0.1, -0.05) is 117 Å². The first-order valence-corrected chi connectivity index (χ1v) is 35.5. The van der Waals surface area contributed by atoms with E-state index in [1.165, 1.54) is 31.5 Å². The molecule has 0 spiro atoms. The number of alkyl halides is 2. The molecule has 0 unspecified atom stereocenters. The van der Waals surface area contributed by atoms with Crippen LogP contribution in [0.1, 0.15) is 126 Å². The SMILES string of the molecule is CC(=O)c1c[nH]c2cc(O)ccc12.CC(=O)c1c[nH]c2cc(OSOOc3ccccc3)ccc12.CC(=O)c1cn(C(=O)C(C)(C)C)c2cc(OC(=O)CCl)ccc12.CC(=O)c1cn(Cc2ccccc2)c2cc(OSOOc3ccccc3)ccc12.CC(C)(C)C(=O)n1ccc2ccc(OC(=O)CCl)cc21. The molecule has 13 rings (SSSR count). The minimum Gasteiger partial charge on any atom is -0.508 e. The first-order chi connectivity index (χ1) is 51.1. The Morgan fingerprint density at radius 2 is 0.850 bits per heavy atom. The Balaban J connectivity index is 0.000000157. The van der Waals surface area contributed by atoms with Crippen LogP contribution in [-0.4, -0.2) is 87.4 Å². The molecule has 0 atom stereocenters. The second-order valence-corrected chi connectivity index (χ2v) is 27.4. The number of carbonyl (C=O) groups excluding carboxylic acids is 8. The van der Waals surface area contributed by atoms with Gasteiger partial charge in [-0.05, 0) is 124 Å². The first kappa shape index (κ1) is 79.7. The van der Waals surface area contributed by atoms with Crippen molar-refractivity contribution >= 4 is 149 Å². The summed E-state index contributed by atoms with van der Waals surface area (Å²) in [6.45, 7) is 17.7. The van der Waals surface area contributed by atoms with E-state index in [-0.39, 0.29) is 58.2 Å². The van der Waals surface area contributed by atoms with Gasteiger partial charge in [-0.15, -0.1) is 23.2 Å². The van der Waals surface area contributed by atoms with E-state index < -0.39 is 22.8 Å². The molecule has 552 valence electrons. The number of ether oxygens (including phenoxy) is 2. The van der Waals surface area contributed by atoms with Gasteiger partial charge in [-0.3, -0.25) is 47.5 Å². The number of phenolic OH excluding ortho intramolecular Hbond substituents is 1. The molecule has 0 saturated heterocycles. The number of aromatic nitrogens is 5. The van der Waals surface area contributed by atoms with Crippen LogP contribution < -0.4 is 27.6 Å². The van der Waals surface area contributed by atoms with Crippen molar-refractivity contribution in [2.24, 2.45) is 10.8 Å². The fourth-order valence-corrected chi connectivity index (χ4v) is 11.4. The van der Waals surface area contributed by atoms with Gasteiger partial charge in [0.15, 0.2) is 34.6 Å². The summed E-state index contributed by atoms with van der Waals surface area (Å²) in [6, 6.07) is 56.1. The third kappa shape index (κ3) is 21.4. The Labute approximate surface area is 634 Å². The molecule has 5 aromatic heterocycles. The Morgan fingerprint density at radius 3 is 1.36 bits per heavy atom. The van der Waals surface area contributed by atoms with Crippen molar-refractivity contribution in [3.8, 4) is 40.2 Å². The quantitative estimate of drug-likeness (QED) is 0.00934. The van der Waals surface area contributed by atoms with Crippen molar-refractivity contribution in [1.29, 1.82) is 0 Å². The lowest BCUT2D eigenvalue weighted by atomic mass is 9.95. The highest BCUT2D eigenvalue weighted by atomic mass is 35.5. The molecule has 107 heavy (non-hydrogen) atoms. The molecule has 3 N–H and O–H groups in total. The van der Waals surface area contributed by atoms with Crippen molar-refractivity contribution in [2.75, 3.05) is 11.8 Å². The molecule has 0 bridgehead atoms. The number of nitrogens with zero attached hydrogens (tertiary/aromatic N) is 3. The molecular formula is C81H75Cl2N5O17S2. The molecule has 13 aromatic rings. The lowest BCUT2D eigenvalue weighted by Gasteiger charge is -2.17. The number of hydrogen-bond donors (Lipinski definition) is 3. The molecule has 0 fully saturated rings. The number of rotatable bonds is 20. The average molecular weight is 1530 g/mol. The van der Waals surface area contributed by atoms with E-state index >= 15 is 0 Å². The van der Waals surface area contributed by atoms with E-state index in [0.717, 1.165) is 68.3 Å². The van der Waals surface area contributed by atoms with Crippen molar-refractivity contribution in [3.05, 3.63) is 247 Å². The van der Waals surface area contributed by atoms with Gasteiger partial charge in [0, 0.05) is 139 Å². The van der Waals surface area contributed by atoms with E-state index in [2.05, 4.69) is 26.7 Å². The molecular weight excluding hydrogens is 1450 g/mol. The average Bonchev–Trinajstić information content (AvgIpc) is 1.64. The number of hydrogen-bond acceptors (Lipinski definition) is 19. The number of aromatic amines is 2. The smallest absolute Gasteiger partial charge is 0.326 e. The maximum atomic E-state index is 12.6. The predicted molar refractivity (Wildman–Crippen MR) is 415 cm³/mol. The first-order valence-electron chi connectivity index (χ1n) is 33.1. The Bertz CT molecular complexity index is 5350. The number of H-pyrrole nitrogens is 2. The third-order valence-corrected chi connectivity index (χ3v) is 17.0. The summed E-state index contributed by atoms with van der Waals surface area (Å²) in [7, 11) is 0. The molecule has 26 heteroatoms. The maximum absolute atomic E-state index is 12.6. The number of carbonyl (C=O) groups is 8. The summed E-state index contributed by atoms with van der Waals surface area (Å²) in [4.78, 5) is 110. The number of esters is 2. The van der Waals surface area contributed by atoms with Crippen LogP contribution in [0.3, 0.4) is 0 Å². The lowest BCUT2D eigenvalue weighted by Crippen LogP contribution is -2.26. The highest BCUT2D eigenvalue weighted by molar-refractivity contribution is 7.90. The Morgan fingerprint density at radius 1 is 0.430 bits per heavy atom. The molecule has 22 nitrogen and oxygen atoms in total. The van der Waals surface area contributed by atoms with Crippen LogP contribution in [0.15, 0.2) is 219 Å². The van der Waals surface area contributed by atoms with Crippen molar-refractivity contribution in [3.63, 3.8) is 0 Å². The number of para-hydroxylation sites is 2. The molecule has 0 aliphatic carbocycles. The zero-order valence-electron chi connectivity index (χ0n) is 59.8. The number of Topliss-reactive ketones (excluding diaryl/α,β-unsaturated/α-hetero) is 4. The number of phenols is 1. The number of halogens is 2. The van der Waals surface area contributed by atoms with Crippen LogP contribution in [0.25, 0.3) is 54.5 Å². The van der Waals surface area contributed by atoms with Gasteiger partial charge >= 0.3 is 11.9 Å². The topological polar surface area (TPSA) is 277 Å². The second kappa shape index (κ2) is 36.6. The number of fused-ring (bicyclic) bond motifs is 5. The monoisotopic (exact) mass is 1520 g/mol. The summed E-state index contributed by atoms with van der Waals surface area (Å²) in [5, 5.41) is 13.3. The third-order valence-electron chi connectivity index (χ3n) is 15.8. The highest BCUT2D eigenvalue weighted by Gasteiger charge is 2.28. The van der Waals surface area contributed by atoms with Crippen LogP contribution in [0.2, 0.25) is 0 Å². The predicted octanol–water partition coefficient (Wildman–Crippen LogP) is 19.4. The zero-order chi connectivity index (χ0) is 77.1. The normalized spacial score (nSPS) is 11.0. The van der Waals surface area contributed by atoms with Crippen molar-refractivity contribution in [1.82, 2.24) is 23.7 Å². The van der Waals surface area contributed by atoms with Crippen LogP contribution in [0.5, 0.6) is 40.2 Å². The number of ketones is 4. The van der Waals surface area contributed by atoms with E-state index in [1.807, 2.05) is 106 Å². The minimum atomic E-state index is -0.622. The largest absolute Gasteiger partial charge is 0.508 e. The molecule has 0 radical (unpaired) electrons. The van der Waals surface area contributed by atoms with Gasteiger partial charge < -0.3 is 47.3 Å². The van der Waals surface area contributed by atoms with E-state index in [0.29, 0.717) is 74.0 Å². The number of aromatic hydroxyl groups is 1. The highest BCUT2D eigenvalue weighted by Crippen LogP contribution is 2.34. The fraction of sp³-hybridized carbons (Fsp3) is 0.185. The van der Waals surface area contributed by atoms with Gasteiger partial charge in [0.05, 0.1) is 16.6 Å². The van der Waals surface area contributed by atoms with Crippen molar-refractivity contribution in [2.45, 2.75) is 75.8 Å². The molecule has 0 amide bonds. The Kier molecular flexibility index (Phi) is 27.2. The maximum Gasteiger partial charge on any atom is 0.326 e. The molecule has 0 saturated carbocycles.